The average Bonchev–Trinajstić information content (AvgIpc) is 2.91. The molecule has 0 unspecified atom stereocenters. The van der Waals surface area contributed by atoms with Gasteiger partial charge >= 0.3 is 0 Å². The fraction of sp³-hybridized carbons (Fsp3) is 0.263. The van der Waals surface area contributed by atoms with Gasteiger partial charge in [-0.3, -0.25) is 9.59 Å². The number of fused-ring (bicyclic) bond motifs is 1. The SMILES string of the molecule is COc1ccccc1C(=O)NCC(=O)Nc1ccc2c(c1)OCCCO2. The maximum absolute atomic E-state index is 12.2. The van der Waals surface area contributed by atoms with E-state index in [1.165, 1.54) is 7.11 Å². The molecule has 26 heavy (non-hydrogen) atoms. The highest BCUT2D eigenvalue weighted by molar-refractivity contribution is 6.00. The van der Waals surface area contributed by atoms with Gasteiger partial charge in [-0.25, -0.2) is 0 Å². The van der Waals surface area contributed by atoms with Crippen LogP contribution in [-0.4, -0.2) is 38.7 Å². The van der Waals surface area contributed by atoms with Crippen molar-refractivity contribution >= 4 is 17.5 Å². The summed E-state index contributed by atoms with van der Waals surface area (Å²) in [5, 5.41) is 5.31. The second-order valence-electron chi connectivity index (χ2n) is 5.64. The first-order valence-corrected chi connectivity index (χ1v) is 8.28. The Morgan fingerprint density at radius 1 is 1.08 bits per heavy atom. The molecule has 2 aromatic carbocycles. The van der Waals surface area contributed by atoms with Gasteiger partial charge in [0.05, 0.1) is 32.4 Å². The van der Waals surface area contributed by atoms with Gasteiger partial charge in [0, 0.05) is 18.2 Å². The summed E-state index contributed by atoms with van der Waals surface area (Å²) in [7, 11) is 1.49. The van der Waals surface area contributed by atoms with Crippen LogP contribution >= 0.6 is 0 Å². The van der Waals surface area contributed by atoms with E-state index in [1.807, 2.05) is 0 Å². The Kier molecular flexibility index (Phi) is 5.58. The molecule has 0 aromatic heterocycles. The molecule has 2 aromatic rings. The van der Waals surface area contributed by atoms with Crippen molar-refractivity contribution in [3.63, 3.8) is 0 Å². The maximum Gasteiger partial charge on any atom is 0.255 e. The molecular weight excluding hydrogens is 336 g/mol. The third kappa shape index (κ3) is 4.24. The number of carbonyl (C=O) groups is 2. The molecule has 0 aliphatic carbocycles. The highest BCUT2D eigenvalue weighted by Gasteiger charge is 2.14. The lowest BCUT2D eigenvalue weighted by atomic mass is 10.2. The zero-order valence-corrected chi connectivity index (χ0v) is 14.4. The molecule has 1 heterocycles. The van der Waals surface area contributed by atoms with Crippen LogP contribution in [0.5, 0.6) is 17.2 Å². The Morgan fingerprint density at radius 2 is 1.85 bits per heavy atom. The molecule has 0 bridgehead atoms. The zero-order chi connectivity index (χ0) is 18.4. The van der Waals surface area contributed by atoms with Crippen LogP contribution in [0, 0.1) is 0 Å². The molecule has 0 saturated carbocycles. The minimum absolute atomic E-state index is 0.161. The predicted molar refractivity (Wildman–Crippen MR) is 96.0 cm³/mol. The molecule has 0 fully saturated rings. The van der Waals surface area contributed by atoms with Gasteiger partial charge < -0.3 is 24.8 Å². The monoisotopic (exact) mass is 356 g/mol. The summed E-state index contributed by atoms with van der Waals surface area (Å²) in [6.07, 6.45) is 0.811. The minimum atomic E-state index is -0.378. The number of anilines is 1. The number of hydrogen-bond donors (Lipinski definition) is 2. The lowest BCUT2D eigenvalue weighted by molar-refractivity contribution is -0.115. The van der Waals surface area contributed by atoms with Crippen LogP contribution < -0.4 is 24.8 Å². The molecule has 7 nitrogen and oxygen atoms in total. The normalized spacial score (nSPS) is 12.7. The number of ether oxygens (including phenoxy) is 3. The van der Waals surface area contributed by atoms with Gasteiger partial charge in [-0.15, -0.1) is 0 Å². The van der Waals surface area contributed by atoms with Crippen molar-refractivity contribution in [2.24, 2.45) is 0 Å². The summed E-state index contributed by atoms with van der Waals surface area (Å²) in [6, 6.07) is 12.0. The van der Waals surface area contributed by atoms with Crippen molar-refractivity contribution < 1.29 is 23.8 Å². The van der Waals surface area contributed by atoms with Crippen LogP contribution in [0.2, 0.25) is 0 Å². The first-order chi connectivity index (χ1) is 12.7. The number of hydrogen-bond acceptors (Lipinski definition) is 5. The van der Waals surface area contributed by atoms with E-state index in [1.54, 1.807) is 42.5 Å². The summed E-state index contributed by atoms with van der Waals surface area (Å²) in [5.41, 5.74) is 0.948. The highest BCUT2D eigenvalue weighted by Crippen LogP contribution is 2.32. The number of carbonyl (C=O) groups excluding carboxylic acids is 2. The molecule has 2 amide bonds. The summed E-state index contributed by atoms with van der Waals surface area (Å²) in [5.74, 6) is 0.982. The smallest absolute Gasteiger partial charge is 0.255 e. The minimum Gasteiger partial charge on any atom is -0.496 e. The van der Waals surface area contributed by atoms with Crippen molar-refractivity contribution in [3.8, 4) is 17.2 Å². The zero-order valence-electron chi connectivity index (χ0n) is 14.4. The topological polar surface area (TPSA) is 85.9 Å². The first kappa shape index (κ1) is 17.6. The quantitative estimate of drug-likeness (QED) is 0.858. The molecule has 0 saturated heterocycles. The number of para-hydroxylation sites is 1. The van der Waals surface area contributed by atoms with E-state index in [2.05, 4.69) is 10.6 Å². The Labute approximate surface area is 151 Å². The van der Waals surface area contributed by atoms with Crippen LogP contribution in [0.4, 0.5) is 5.69 Å². The third-order valence-electron chi connectivity index (χ3n) is 3.79. The molecule has 2 N–H and O–H groups in total. The molecular formula is C19H20N2O5. The van der Waals surface area contributed by atoms with E-state index < -0.39 is 0 Å². The molecule has 1 aliphatic rings. The van der Waals surface area contributed by atoms with Gasteiger partial charge in [0.15, 0.2) is 11.5 Å². The predicted octanol–water partition coefficient (Wildman–Crippen LogP) is 2.22. The molecule has 3 rings (SSSR count). The number of methoxy groups -OCH3 is 1. The van der Waals surface area contributed by atoms with Gasteiger partial charge in [-0.2, -0.15) is 0 Å². The fourth-order valence-corrected chi connectivity index (χ4v) is 2.53. The van der Waals surface area contributed by atoms with E-state index in [0.29, 0.717) is 41.7 Å². The van der Waals surface area contributed by atoms with Crippen LogP contribution in [0.25, 0.3) is 0 Å². The van der Waals surface area contributed by atoms with Crippen LogP contribution in [0.15, 0.2) is 42.5 Å². The summed E-state index contributed by atoms with van der Waals surface area (Å²) in [6.45, 7) is 1.01. The molecule has 7 heteroatoms. The van der Waals surface area contributed by atoms with Crippen molar-refractivity contribution in [2.75, 3.05) is 32.2 Å². The van der Waals surface area contributed by atoms with Crippen molar-refractivity contribution in [1.29, 1.82) is 0 Å². The summed E-state index contributed by atoms with van der Waals surface area (Å²) >= 11 is 0. The number of nitrogens with one attached hydrogen (secondary N) is 2. The Balaban J connectivity index is 1.57. The van der Waals surface area contributed by atoms with Crippen molar-refractivity contribution in [2.45, 2.75) is 6.42 Å². The second kappa shape index (κ2) is 8.24. The Hall–Kier alpha value is -3.22. The largest absolute Gasteiger partial charge is 0.496 e. The fourth-order valence-electron chi connectivity index (χ4n) is 2.53. The van der Waals surface area contributed by atoms with Crippen molar-refractivity contribution in [3.05, 3.63) is 48.0 Å². The standard InChI is InChI=1S/C19H20N2O5/c1-24-15-6-3-2-5-14(15)19(23)20-12-18(22)21-13-7-8-16-17(11-13)26-10-4-9-25-16/h2-3,5-8,11H,4,9-10,12H2,1H3,(H,20,23)(H,21,22). The van der Waals surface area contributed by atoms with Gasteiger partial charge in [-0.05, 0) is 24.3 Å². The van der Waals surface area contributed by atoms with Gasteiger partial charge in [0.1, 0.15) is 5.75 Å². The Bertz CT molecular complexity index is 806. The van der Waals surface area contributed by atoms with Crippen molar-refractivity contribution in [1.82, 2.24) is 5.32 Å². The molecule has 0 spiro atoms. The number of benzene rings is 2. The third-order valence-corrected chi connectivity index (χ3v) is 3.79. The van der Waals surface area contributed by atoms with E-state index in [0.717, 1.165) is 6.42 Å². The van der Waals surface area contributed by atoms with E-state index >= 15 is 0 Å². The second-order valence-corrected chi connectivity index (χ2v) is 5.64. The first-order valence-electron chi connectivity index (χ1n) is 8.28. The van der Waals surface area contributed by atoms with E-state index in [9.17, 15) is 9.59 Å². The van der Waals surface area contributed by atoms with Gasteiger partial charge in [0.25, 0.3) is 5.91 Å². The van der Waals surface area contributed by atoms with Gasteiger partial charge in [-0.1, -0.05) is 12.1 Å². The van der Waals surface area contributed by atoms with E-state index in [-0.39, 0.29) is 18.4 Å². The summed E-state index contributed by atoms with van der Waals surface area (Å²) < 4.78 is 16.3. The van der Waals surface area contributed by atoms with E-state index in [4.69, 9.17) is 14.2 Å². The molecule has 1 aliphatic heterocycles. The molecule has 0 atom stereocenters. The maximum atomic E-state index is 12.2. The van der Waals surface area contributed by atoms with Crippen LogP contribution in [0.3, 0.4) is 0 Å². The number of amides is 2. The van der Waals surface area contributed by atoms with Crippen LogP contribution in [-0.2, 0) is 4.79 Å². The Morgan fingerprint density at radius 3 is 2.65 bits per heavy atom. The lowest BCUT2D eigenvalue weighted by Gasteiger charge is -2.11. The molecule has 0 radical (unpaired) electrons. The number of rotatable bonds is 5. The highest BCUT2D eigenvalue weighted by atomic mass is 16.5. The summed E-state index contributed by atoms with van der Waals surface area (Å²) in [4.78, 5) is 24.3. The van der Waals surface area contributed by atoms with Crippen LogP contribution in [0.1, 0.15) is 16.8 Å². The lowest BCUT2D eigenvalue weighted by Crippen LogP contribution is -2.33. The average molecular weight is 356 g/mol. The van der Waals surface area contributed by atoms with Gasteiger partial charge in [0.2, 0.25) is 5.91 Å². The molecule has 136 valence electrons.